The minimum Gasteiger partial charge on any atom is -0.383 e. The Morgan fingerprint density at radius 1 is 1.00 bits per heavy atom. The molecule has 14 heavy (non-hydrogen) atoms. The van der Waals surface area contributed by atoms with E-state index >= 15 is 0 Å². The number of ether oxygens (including phenoxy) is 2. The standard InChI is InChI=1S/C10H22N2O2/c1-11-4-6-12(7-5-11)10(8-13-2)9-14-3/h10H,4-9H2,1-3H3. The molecular formula is C10H22N2O2. The number of likely N-dealkylation sites (N-methyl/N-ethyl adjacent to an activating group) is 1. The monoisotopic (exact) mass is 202 g/mol. The first-order chi connectivity index (χ1) is 6.77. The van der Waals surface area contributed by atoms with Crippen LogP contribution in [0.1, 0.15) is 0 Å². The van der Waals surface area contributed by atoms with Crippen LogP contribution in [0.2, 0.25) is 0 Å². The molecule has 0 saturated carbocycles. The number of piperazine rings is 1. The third kappa shape index (κ3) is 3.53. The van der Waals surface area contributed by atoms with E-state index in [0.29, 0.717) is 6.04 Å². The van der Waals surface area contributed by atoms with Gasteiger partial charge in [-0.05, 0) is 7.05 Å². The van der Waals surface area contributed by atoms with Gasteiger partial charge in [0.2, 0.25) is 0 Å². The van der Waals surface area contributed by atoms with Crippen molar-refractivity contribution in [1.82, 2.24) is 9.80 Å². The zero-order valence-electron chi connectivity index (χ0n) is 9.53. The summed E-state index contributed by atoms with van der Waals surface area (Å²) in [6.45, 7) is 6.05. The van der Waals surface area contributed by atoms with Gasteiger partial charge >= 0.3 is 0 Å². The lowest BCUT2D eigenvalue weighted by Gasteiger charge is -2.37. The fourth-order valence-electron chi connectivity index (χ4n) is 1.83. The van der Waals surface area contributed by atoms with Crippen LogP contribution in [-0.4, -0.2) is 76.5 Å². The molecule has 0 aliphatic carbocycles. The van der Waals surface area contributed by atoms with Gasteiger partial charge in [0.1, 0.15) is 0 Å². The second-order valence-corrected chi connectivity index (χ2v) is 3.90. The molecule has 0 aromatic heterocycles. The third-order valence-electron chi connectivity index (χ3n) is 2.77. The molecule has 0 aromatic rings. The fourth-order valence-corrected chi connectivity index (χ4v) is 1.83. The largest absolute Gasteiger partial charge is 0.383 e. The normalized spacial score (nSPS) is 20.6. The van der Waals surface area contributed by atoms with E-state index < -0.39 is 0 Å². The molecule has 1 rings (SSSR count). The SMILES string of the molecule is COCC(COC)N1CCN(C)CC1. The maximum Gasteiger partial charge on any atom is 0.0640 e. The van der Waals surface area contributed by atoms with Crippen LogP contribution in [0, 0.1) is 0 Å². The van der Waals surface area contributed by atoms with Gasteiger partial charge in [-0.2, -0.15) is 0 Å². The molecule has 0 radical (unpaired) electrons. The topological polar surface area (TPSA) is 24.9 Å². The molecule has 0 amide bonds. The molecule has 4 heteroatoms. The Hall–Kier alpha value is -0.160. The van der Waals surface area contributed by atoms with E-state index in [4.69, 9.17) is 9.47 Å². The van der Waals surface area contributed by atoms with Gasteiger partial charge in [-0.15, -0.1) is 0 Å². The first kappa shape index (κ1) is 11.9. The number of nitrogens with zero attached hydrogens (tertiary/aromatic N) is 2. The van der Waals surface area contributed by atoms with Gasteiger partial charge in [-0.3, -0.25) is 4.90 Å². The van der Waals surface area contributed by atoms with Gasteiger partial charge in [0.15, 0.2) is 0 Å². The molecule has 1 saturated heterocycles. The minimum atomic E-state index is 0.415. The first-order valence-electron chi connectivity index (χ1n) is 5.18. The van der Waals surface area contributed by atoms with Crippen molar-refractivity contribution in [2.75, 3.05) is 60.7 Å². The average molecular weight is 202 g/mol. The highest BCUT2D eigenvalue weighted by Crippen LogP contribution is 2.06. The molecule has 0 unspecified atom stereocenters. The third-order valence-corrected chi connectivity index (χ3v) is 2.77. The Labute approximate surface area is 86.8 Å². The van der Waals surface area contributed by atoms with E-state index in [2.05, 4.69) is 16.8 Å². The smallest absolute Gasteiger partial charge is 0.0640 e. The van der Waals surface area contributed by atoms with E-state index in [1.165, 1.54) is 0 Å². The molecule has 0 atom stereocenters. The zero-order chi connectivity index (χ0) is 10.4. The fraction of sp³-hybridized carbons (Fsp3) is 1.00. The van der Waals surface area contributed by atoms with Crippen molar-refractivity contribution in [2.24, 2.45) is 0 Å². The average Bonchev–Trinajstić information content (AvgIpc) is 2.19. The van der Waals surface area contributed by atoms with Crippen LogP contribution in [0.4, 0.5) is 0 Å². The van der Waals surface area contributed by atoms with Crippen LogP contribution in [0.25, 0.3) is 0 Å². The van der Waals surface area contributed by atoms with Crippen LogP contribution >= 0.6 is 0 Å². The molecular weight excluding hydrogens is 180 g/mol. The Bertz CT molecular complexity index is 141. The summed E-state index contributed by atoms with van der Waals surface area (Å²) in [5, 5.41) is 0. The molecule has 84 valence electrons. The molecule has 0 bridgehead atoms. The van der Waals surface area contributed by atoms with Crippen LogP contribution in [0.15, 0.2) is 0 Å². The molecule has 1 aliphatic heterocycles. The predicted molar refractivity (Wildman–Crippen MR) is 56.6 cm³/mol. The van der Waals surface area contributed by atoms with Gasteiger partial charge in [0.25, 0.3) is 0 Å². The van der Waals surface area contributed by atoms with Crippen molar-refractivity contribution in [3.63, 3.8) is 0 Å². The number of hydrogen-bond acceptors (Lipinski definition) is 4. The lowest BCUT2D eigenvalue weighted by molar-refractivity contribution is 0.0149. The van der Waals surface area contributed by atoms with E-state index in [1.54, 1.807) is 14.2 Å². The van der Waals surface area contributed by atoms with Gasteiger partial charge in [0, 0.05) is 40.4 Å². The Balaban J connectivity index is 2.34. The highest BCUT2D eigenvalue weighted by molar-refractivity contribution is 4.76. The van der Waals surface area contributed by atoms with Crippen molar-refractivity contribution in [2.45, 2.75) is 6.04 Å². The Morgan fingerprint density at radius 3 is 1.93 bits per heavy atom. The molecule has 1 heterocycles. The Morgan fingerprint density at radius 2 is 1.50 bits per heavy atom. The minimum absolute atomic E-state index is 0.415. The summed E-state index contributed by atoms with van der Waals surface area (Å²) in [7, 11) is 5.66. The molecule has 0 spiro atoms. The van der Waals surface area contributed by atoms with E-state index in [9.17, 15) is 0 Å². The quantitative estimate of drug-likeness (QED) is 0.621. The lowest BCUT2D eigenvalue weighted by Crippen LogP contribution is -2.51. The molecule has 1 fully saturated rings. The van der Waals surface area contributed by atoms with Crippen LogP contribution in [-0.2, 0) is 9.47 Å². The first-order valence-corrected chi connectivity index (χ1v) is 5.18. The van der Waals surface area contributed by atoms with E-state index in [0.717, 1.165) is 39.4 Å². The summed E-state index contributed by atoms with van der Waals surface area (Å²) in [5.74, 6) is 0. The van der Waals surface area contributed by atoms with Crippen LogP contribution in [0.5, 0.6) is 0 Å². The summed E-state index contributed by atoms with van der Waals surface area (Å²) in [6, 6.07) is 0.415. The van der Waals surface area contributed by atoms with Crippen molar-refractivity contribution in [3.8, 4) is 0 Å². The summed E-state index contributed by atoms with van der Waals surface area (Å²) in [5.41, 5.74) is 0. The van der Waals surface area contributed by atoms with Crippen molar-refractivity contribution in [3.05, 3.63) is 0 Å². The molecule has 0 N–H and O–H groups in total. The van der Waals surface area contributed by atoms with E-state index in [-0.39, 0.29) is 0 Å². The second kappa shape index (κ2) is 6.35. The van der Waals surface area contributed by atoms with E-state index in [1.807, 2.05) is 0 Å². The summed E-state index contributed by atoms with van der Waals surface area (Å²) >= 11 is 0. The maximum absolute atomic E-state index is 5.20. The molecule has 4 nitrogen and oxygen atoms in total. The van der Waals surface area contributed by atoms with Gasteiger partial charge < -0.3 is 14.4 Å². The summed E-state index contributed by atoms with van der Waals surface area (Å²) < 4.78 is 10.4. The number of hydrogen-bond donors (Lipinski definition) is 0. The summed E-state index contributed by atoms with van der Waals surface area (Å²) in [6.07, 6.45) is 0. The van der Waals surface area contributed by atoms with Crippen molar-refractivity contribution in [1.29, 1.82) is 0 Å². The predicted octanol–water partition coefficient (Wildman–Crippen LogP) is -0.105. The van der Waals surface area contributed by atoms with Gasteiger partial charge in [0.05, 0.1) is 19.3 Å². The highest BCUT2D eigenvalue weighted by Gasteiger charge is 2.21. The van der Waals surface area contributed by atoms with Crippen molar-refractivity contribution < 1.29 is 9.47 Å². The lowest BCUT2D eigenvalue weighted by atomic mass is 10.2. The highest BCUT2D eigenvalue weighted by atomic mass is 16.5. The van der Waals surface area contributed by atoms with Gasteiger partial charge in [-0.1, -0.05) is 0 Å². The van der Waals surface area contributed by atoms with Crippen molar-refractivity contribution >= 4 is 0 Å². The molecule has 1 aliphatic rings. The van der Waals surface area contributed by atoms with Crippen LogP contribution < -0.4 is 0 Å². The maximum atomic E-state index is 5.20. The van der Waals surface area contributed by atoms with Crippen LogP contribution in [0.3, 0.4) is 0 Å². The number of methoxy groups -OCH3 is 2. The zero-order valence-corrected chi connectivity index (χ0v) is 9.53. The Kier molecular flexibility index (Phi) is 5.40. The van der Waals surface area contributed by atoms with Gasteiger partial charge in [-0.25, -0.2) is 0 Å². The summed E-state index contributed by atoms with van der Waals surface area (Å²) in [4.78, 5) is 4.81. The number of rotatable bonds is 5. The molecule has 0 aromatic carbocycles. The second-order valence-electron chi connectivity index (χ2n) is 3.90.